The maximum absolute atomic E-state index is 14.0. The highest BCUT2D eigenvalue weighted by molar-refractivity contribution is 5.35. The molecule has 0 aliphatic heterocycles. The van der Waals surface area contributed by atoms with Gasteiger partial charge in [-0.1, -0.05) is 18.2 Å². The number of aryl methyl sites for hydroxylation is 1. The summed E-state index contributed by atoms with van der Waals surface area (Å²) in [5.41, 5.74) is 7.74. The van der Waals surface area contributed by atoms with Crippen molar-refractivity contribution in [3.63, 3.8) is 0 Å². The quantitative estimate of drug-likeness (QED) is 0.771. The zero-order chi connectivity index (χ0) is 10.9. The minimum Gasteiger partial charge on any atom is -0.323 e. The molecule has 0 fully saturated rings. The van der Waals surface area contributed by atoms with E-state index < -0.39 is 11.7 Å². The summed E-state index contributed by atoms with van der Waals surface area (Å²) in [7, 11) is 0. The average molecular weight is 195 g/mol. The molecule has 0 aliphatic carbocycles. The lowest BCUT2D eigenvalue weighted by molar-refractivity contribution is 0.222. The summed E-state index contributed by atoms with van der Waals surface area (Å²) in [5, 5.41) is 0. The van der Waals surface area contributed by atoms with Gasteiger partial charge in [-0.25, -0.2) is 4.39 Å². The normalized spacial score (nSPS) is 14.1. The summed E-state index contributed by atoms with van der Waals surface area (Å²) in [6, 6.07) is 5.66. The molecule has 0 saturated heterocycles. The van der Waals surface area contributed by atoms with Crippen LogP contribution in [0.15, 0.2) is 18.2 Å². The van der Waals surface area contributed by atoms with Gasteiger partial charge in [0.05, 0.1) is 0 Å². The first kappa shape index (κ1) is 11.2. The van der Waals surface area contributed by atoms with Crippen molar-refractivity contribution in [2.75, 3.05) is 0 Å². The van der Waals surface area contributed by atoms with E-state index in [4.69, 9.17) is 5.73 Å². The molecule has 1 unspecified atom stereocenters. The highest BCUT2D eigenvalue weighted by atomic mass is 19.1. The fourth-order valence-electron chi connectivity index (χ4n) is 1.45. The molecule has 1 aromatic carbocycles. The van der Waals surface area contributed by atoms with Crippen LogP contribution in [-0.2, 0) is 0 Å². The van der Waals surface area contributed by atoms with Crippen LogP contribution in [0.1, 0.15) is 36.7 Å². The first-order chi connectivity index (χ1) is 6.34. The Kier molecular flexibility index (Phi) is 2.95. The van der Waals surface area contributed by atoms with Gasteiger partial charge < -0.3 is 5.73 Å². The molecule has 0 radical (unpaired) electrons. The van der Waals surface area contributed by atoms with Crippen molar-refractivity contribution in [2.45, 2.75) is 39.4 Å². The van der Waals surface area contributed by atoms with Gasteiger partial charge in [0.15, 0.2) is 0 Å². The van der Waals surface area contributed by atoms with E-state index in [2.05, 4.69) is 0 Å². The Balaban J connectivity index is 3.14. The zero-order valence-corrected chi connectivity index (χ0v) is 9.26. The van der Waals surface area contributed by atoms with Gasteiger partial charge in [-0.05, 0) is 44.4 Å². The maximum atomic E-state index is 14.0. The molecule has 0 aliphatic rings. The van der Waals surface area contributed by atoms with Gasteiger partial charge in [-0.15, -0.1) is 0 Å². The van der Waals surface area contributed by atoms with Crippen LogP contribution in [0.25, 0.3) is 0 Å². The number of benzene rings is 1. The molecule has 78 valence electrons. The standard InChI is InChI=1S/C12H18FN/c1-8-6-5-7-10(9(8)2)11(13)12(3,4)14/h5-7,11H,14H2,1-4H3. The van der Waals surface area contributed by atoms with E-state index in [1.54, 1.807) is 13.8 Å². The lowest BCUT2D eigenvalue weighted by Crippen LogP contribution is -2.37. The van der Waals surface area contributed by atoms with Gasteiger partial charge in [0.25, 0.3) is 0 Å². The van der Waals surface area contributed by atoms with Crippen LogP contribution >= 0.6 is 0 Å². The van der Waals surface area contributed by atoms with Crippen LogP contribution in [0.5, 0.6) is 0 Å². The smallest absolute Gasteiger partial charge is 0.143 e. The summed E-state index contributed by atoms with van der Waals surface area (Å²) in [4.78, 5) is 0. The van der Waals surface area contributed by atoms with E-state index in [0.717, 1.165) is 11.1 Å². The highest BCUT2D eigenvalue weighted by Crippen LogP contribution is 2.30. The van der Waals surface area contributed by atoms with Crippen molar-refractivity contribution in [1.29, 1.82) is 0 Å². The molecule has 0 spiro atoms. The lowest BCUT2D eigenvalue weighted by atomic mass is 9.89. The van der Waals surface area contributed by atoms with Crippen molar-refractivity contribution in [3.8, 4) is 0 Å². The van der Waals surface area contributed by atoms with Crippen LogP contribution < -0.4 is 5.73 Å². The Morgan fingerprint density at radius 1 is 1.29 bits per heavy atom. The van der Waals surface area contributed by atoms with Crippen molar-refractivity contribution >= 4 is 0 Å². The molecule has 2 heteroatoms. The third-order valence-corrected chi connectivity index (χ3v) is 2.57. The largest absolute Gasteiger partial charge is 0.323 e. The molecule has 1 aromatic rings. The van der Waals surface area contributed by atoms with E-state index >= 15 is 0 Å². The second-order valence-corrected chi connectivity index (χ2v) is 4.47. The van der Waals surface area contributed by atoms with Crippen LogP contribution in [0.2, 0.25) is 0 Å². The summed E-state index contributed by atoms with van der Waals surface area (Å²) < 4.78 is 14.0. The Labute approximate surface area is 85.1 Å². The van der Waals surface area contributed by atoms with Gasteiger partial charge in [-0.2, -0.15) is 0 Å². The van der Waals surface area contributed by atoms with E-state index in [9.17, 15) is 4.39 Å². The van der Waals surface area contributed by atoms with Crippen molar-refractivity contribution < 1.29 is 4.39 Å². The van der Waals surface area contributed by atoms with E-state index in [1.807, 2.05) is 32.0 Å². The number of hydrogen-bond donors (Lipinski definition) is 1. The van der Waals surface area contributed by atoms with Gasteiger partial charge in [0.1, 0.15) is 6.17 Å². The molecule has 14 heavy (non-hydrogen) atoms. The molecule has 1 nitrogen and oxygen atoms in total. The number of halogens is 1. The summed E-state index contributed by atoms with van der Waals surface area (Å²) in [5.74, 6) is 0. The van der Waals surface area contributed by atoms with Crippen LogP contribution in [0.3, 0.4) is 0 Å². The lowest BCUT2D eigenvalue weighted by Gasteiger charge is -2.25. The predicted molar refractivity (Wildman–Crippen MR) is 58.0 cm³/mol. The summed E-state index contributed by atoms with van der Waals surface area (Å²) in [6.07, 6.45) is -1.11. The Bertz CT molecular complexity index is 326. The predicted octanol–water partition coefficient (Wildman–Crippen LogP) is 3.05. The first-order valence-electron chi connectivity index (χ1n) is 4.83. The molecule has 0 amide bonds. The molecule has 0 heterocycles. The first-order valence-corrected chi connectivity index (χ1v) is 4.83. The van der Waals surface area contributed by atoms with Crippen molar-refractivity contribution in [1.82, 2.24) is 0 Å². The molecule has 0 bridgehead atoms. The summed E-state index contributed by atoms with van der Waals surface area (Å²) in [6.45, 7) is 7.33. The van der Waals surface area contributed by atoms with E-state index in [0.29, 0.717) is 5.56 Å². The Morgan fingerprint density at radius 2 is 1.86 bits per heavy atom. The fourth-order valence-corrected chi connectivity index (χ4v) is 1.45. The average Bonchev–Trinajstić information content (AvgIpc) is 2.07. The third kappa shape index (κ3) is 2.13. The van der Waals surface area contributed by atoms with Crippen LogP contribution in [0, 0.1) is 13.8 Å². The SMILES string of the molecule is Cc1cccc(C(F)C(C)(C)N)c1C. The minimum absolute atomic E-state index is 0.706. The Morgan fingerprint density at radius 3 is 2.36 bits per heavy atom. The highest BCUT2D eigenvalue weighted by Gasteiger charge is 2.27. The molecule has 2 N–H and O–H groups in total. The molecule has 1 atom stereocenters. The third-order valence-electron chi connectivity index (χ3n) is 2.57. The van der Waals surface area contributed by atoms with Gasteiger partial charge in [0.2, 0.25) is 0 Å². The topological polar surface area (TPSA) is 26.0 Å². The second kappa shape index (κ2) is 3.70. The maximum Gasteiger partial charge on any atom is 0.143 e. The number of rotatable bonds is 2. The number of alkyl halides is 1. The summed E-state index contributed by atoms with van der Waals surface area (Å²) >= 11 is 0. The van der Waals surface area contributed by atoms with E-state index in [1.165, 1.54) is 0 Å². The van der Waals surface area contributed by atoms with Crippen molar-refractivity contribution in [2.24, 2.45) is 5.73 Å². The van der Waals surface area contributed by atoms with Crippen LogP contribution in [-0.4, -0.2) is 5.54 Å². The number of nitrogens with two attached hydrogens (primary N) is 1. The second-order valence-electron chi connectivity index (χ2n) is 4.47. The van der Waals surface area contributed by atoms with Crippen LogP contribution in [0.4, 0.5) is 4.39 Å². The Hall–Kier alpha value is -0.890. The monoisotopic (exact) mass is 195 g/mol. The van der Waals surface area contributed by atoms with Crippen molar-refractivity contribution in [3.05, 3.63) is 34.9 Å². The minimum atomic E-state index is -1.11. The van der Waals surface area contributed by atoms with Gasteiger partial charge >= 0.3 is 0 Å². The molecular formula is C12H18FN. The fraction of sp³-hybridized carbons (Fsp3) is 0.500. The molecule has 0 aromatic heterocycles. The van der Waals surface area contributed by atoms with E-state index in [-0.39, 0.29) is 0 Å². The number of hydrogen-bond acceptors (Lipinski definition) is 1. The van der Waals surface area contributed by atoms with Gasteiger partial charge in [-0.3, -0.25) is 0 Å². The van der Waals surface area contributed by atoms with Gasteiger partial charge in [0, 0.05) is 5.54 Å². The molecular weight excluding hydrogens is 177 g/mol. The zero-order valence-electron chi connectivity index (χ0n) is 9.26. The molecule has 0 saturated carbocycles. The molecule has 1 rings (SSSR count).